The standard InChI is InChI=1S/C17H20F2N2O3/c18-11-5-6-14(12(19)8-11)21-9-10(7-16(21)23)17(24)20-13-3-1-2-4-15(13)22/h5-6,8,10,13,15,22H,1-4,7,9H2,(H,20,24). The van der Waals surface area contributed by atoms with Crippen molar-refractivity contribution >= 4 is 17.5 Å². The summed E-state index contributed by atoms with van der Waals surface area (Å²) in [6.07, 6.45) is 2.66. The molecule has 5 nitrogen and oxygen atoms in total. The van der Waals surface area contributed by atoms with Gasteiger partial charge in [-0.2, -0.15) is 0 Å². The van der Waals surface area contributed by atoms with Crippen LogP contribution in [0.3, 0.4) is 0 Å². The number of nitrogens with zero attached hydrogens (tertiary/aromatic N) is 1. The van der Waals surface area contributed by atoms with Gasteiger partial charge in [-0.3, -0.25) is 9.59 Å². The molecule has 7 heteroatoms. The summed E-state index contributed by atoms with van der Waals surface area (Å²) in [5.41, 5.74) is -0.0191. The Morgan fingerprint density at radius 2 is 2.00 bits per heavy atom. The molecule has 24 heavy (non-hydrogen) atoms. The van der Waals surface area contributed by atoms with Crippen LogP contribution in [0.4, 0.5) is 14.5 Å². The smallest absolute Gasteiger partial charge is 0.227 e. The molecule has 3 unspecified atom stereocenters. The van der Waals surface area contributed by atoms with E-state index in [0.717, 1.165) is 18.9 Å². The van der Waals surface area contributed by atoms with E-state index in [-0.39, 0.29) is 36.5 Å². The molecule has 1 aromatic rings. The Morgan fingerprint density at radius 1 is 1.25 bits per heavy atom. The summed E-state index contributed by atoms with van der Waals surface area (Å²) < 4.78 is 26.9. The Morgan fingerprint density at radius 3 is 2.71 bits per heavy atom. The van der Waals surface area contributed by atoms with Gasteiger partial charge < -0.3 is 15.3 Å². The van der Waals surface area contributed by atoms with Gasteiger partial charge in [-0.15, -0.1) is 0 Å². The summed E-state index contributed by atoms with van der Waals surface area (Å²) in [4.78, 5) is 25.7. The second kappa shape index (κ2) is 6.84. The summed E-state index contributed by atoms with van der Waals surface area (Å²) >= 11 is 0. The molecule has 3 rings (SSSR count). The number of carbonyl (C=O) groups is 2. The first-order valence-electron chi connectivity index (χ1n) is 8.19. The average Bonchev–Trinajstić information content (AvgIpc) is 2.91. The Labute approximate surface area is 138 Å². The molecule has 1 heterocycles. The number of anilines is 1. The number of aliphatic hydroxyl groups excluding tert-OH is 1. The van der Waals surface area contributed by atoms with E-state index in [1.54, 1.807) is 0 Å². The largest absolute Gasteiger partial charge is 0.391 e. The van der Waals surface area contributed by atoms with Crippen LogP contribution in [0, 0.1) is 17.6 Å². The third-order valence-electron chi connectivity index (χ3n) is 4.75. The van der Waals surface area contributed by atoms with E-state index in [9.17, 15) is 23.5 Å². The highest BCUT2D eigenvalue weighted by molar-refractivity contribution is 6.00. The van der Waals surface area contributed by atoms with Crippen molar-refractivity contribution in [2.45, 2.75) is 44.2 Å². The molecule has 130 valence electrons. The fourth-order valence-corrected chi connectivity index (χ4v) is 3.40. The van der Waals surface area contributed by atoms with Crippen LogP contribution in [0.5, 0.6) is 0 Å². The second-order valence-electron chi connectivity index (χ2n) is 6.47. The lowest BCUT2D eigenvalue weighted by Crippen LogP contribution is -2.47. The molecule has 0 aromatic heterocycles. The Balaban J connectivity index is 1.66. The molecule has 1 aliphatic heterocycles. The molecule has 0 radical (unpaired) electrons. The zero-order valence-corrected chi connectivity index (χ0v) is 13.2. The highest BCUT2D eigenvalue weighted by Crippen LogP contribution is 2.28. The maximum Gasteiger partial charge on any atom is 0.227 e. The first-order valence-corrected chi connectivity index (χ1v) is 8.19. The number of halogens is 2. The molecule has 1 aliphatic carbocycles. The third kappa shape index (κ3) is 3.40. The van der Waals surface area contributed by atoms with Crippen molar-refractivity contribution in [1.82, 2.24) is 5.32 Å². The topological polar surface area (TPSA) is 69.6 Å². The van der Waals surface area contributed by atoms with Gasteiger partial charge in [-0.25, -0.2) is 8.78 Å². The van der Waals surface area contributed by atoms with Gasteiger partial charge in [0, 0.05) is 19.0 Å². The van der Waals surface area contributed by atoms with Crippen molar-refractivity contribution in [3.63, 3.8) is 0 Å². The fraction of sp³-hybridized carbons (Fsp3) is 0.529. The summed E-state index contributed by atoms with van der Waals surface area (Å²) in [7, 11) is 0. The first-order chi connectivity index (χ1) is 11.5. The fourth-order valence-electron chi connectivity index (χ4n) is 3.40. The van der Waals surface area contributed by atoms with Crippen LogP contribution in [0.2, 0.25) is 0 Å². The predicted octanol–water partition coefficient (Wildman–Crippen LogP) is 1.74. The van der Waals surface area contributed by atoms with E-state index in [2.05, 4.69) is 5.32 Å². The Kier molecular flexibility index (Phi) is 4.80. The molecule has 0 spiro atoms. The van der Waals surface area contributed by atoms with E-state index in [1.807, 2.05) is 0 Å². The van der Waals surface area contributed by atoms with Crippen molar-refractivity contribution < 1.29 is 23.5 Å². The summed E-state index contributed by atoms with van der Waals surface area (Å²) in [5.74, 6) is -2.82. The number of aliphatic hydroxyl groups is 1. The summed E-state index contributed by atoms with van der Waals surface area (Å²) in [6.45, 7) is 0.0516. The molecular formula is C17H20F2N2O3. The van der Waals surface area contributed by atoms with Crippen molar-refractivity contribution in [3.05, 3.63) is 29.8 Å². The van der Waals surface area contributed by atoms with E-state index in [1.165, 1.54) is 11.0 Å². The van der Waals surface area contributed by atoms with Crippen molar-refractivity contribution in [3.8, 4) is 0 Å². The van der Waals surface area contributed by atoms with E-state index in [0.29, 0.717) is 18.9 Å². The molecule has 1 saturated heterocycles. The summed E-state index contributed by atoms with van der Waals surface area (Å²) in [6, 6.07) is 2.71. The third-order valence-corrected chi connectivity index (χ3v) is 4.75. The minimum atomic E-state index is -0.827. The summed E-state index contributed by atoms with van der Waals surface area (Å²) in [5, 5.41) is 12.7. The first kappa shape index (κ1) is 16.8. The van der Waals surface area contributed by atoms with Gasteiger partial charge in [0.2, 0.25) is 11.8 Å². The number of amides is 2. The molecular weight excluding hydrogens is 318 g/mol. The molecule has 1 aromatic carbocycles. The van der Waals surface area contributed by atoms with E-state index >= 15 is 0 Å². The van der Waals surface area contributed by atoms with Crippen LogP contribution in [-0.4, -0.2) is 35.6 Å². The zero-order valence-electron chi connectivity index (χ0n) is 13.2. The number of rotatable bonds is 3. The minimum Gasteiger partial charge on any atom is -0.391 e. The number of nitrogens with one attached hydrogen (secondary N) is 1. The van der Waals surface area contributed by atoms with Crippen molar-refractivity contribution in [2.75, 3.05) is 11.4 Å². The highest BCUT2D eigenvalue weighted by atomic mass is 19.1. The molecule has 1 saturated carbocycles. The highest BCUT2D eigenvalue weighted by Gasteiger charge is 2.37. The second-order valence-corrected chi connectivity index (χ2v) is 6.47. The molecule has 2 amide bonds. The van der Waals surface area contributed by atoms with Gasteiger partial charge in [0.1, 0.15) is 11.6 Å². The number of benzene rings is 1. The van der Waals surface area contributed by atoms with Crippen LogP contribution in [0.25, 0.3) is 0 Å². The number of carbonyl (C=O) groups excluding carboxylic acids is 2. The Hall–Kier alpha value is -2.02. The number of hydrogen-bond donors (Lipinski definition) is 2. The van der Waals surface area contributed by atoms with Gasteiger partial charge in [0.25, 0.3) is 0 Å². The van der Waals surface area contributed by atoms with Crippen molar-refractivity contribution in [1.29, 1.82) is 0 Å². The van der Waals surface area contributed by atoms with Crippen LogP contribution in [-0.2, 0) is 9.59 Å². The SMILES string of the molecule is O=C(NC1CCCCC1O)C1CC(=O)N(c2ccc(F)cc2F)C1. The monoisotopic (exact) mass is 338 g/mol. The lowest BCUT2D eigenvalue weighted by atomic mass is 9.92. The lowest BCUT2D eigenvalue weighted by molar-refractivity contribution is -0.128. The molecule has 0 bridgehead atoms. The maximum absolute atomic E-state index is 13.9. The minimum absolute atomic E-state index is 0.0191. The normalized spacial score (nSPS) is 27.4. The van der Waals surface area contributed by atoms with E-state index < -0.39 is 23.7 Å². The Bertz CT molecular complexity index is 653. The van der Waals surface area contributed by atoms with Gasteiger partial charge in [0.05, 0.1) is 23.8 Å². The van der Waals surface area contributed by atoms with Gasteiger partial charge >= 0.3 is 0 Å². The van der Waals surface area contributed by atoms with Gasteiger partial charge in [-0.1, -0.05) is 12.8 Å². The van der Waals surface area contributed by atoms with Crippen molar-refractivity contribution in [2.24, 2.45) is 5.92 Å². The molecule has 2 fully saturated rings. The van der Waals surface area contributed by atoms with Crippen LogP contribution in [0.15, 0.2) is 18.2 Å². The molecule has 3 atom stereocenters. The van der Waals surface area contributed by atoms with E-state index in [4.69, 9.17) is 0 Å². The van der Waals surface area contributed by atoms with Gasteiger partial charge in [0.15, 0.2) is 0 Å². The van der Waals surface area contributed by atoms with Gasteiger partial charge in [-0.05, 0) is 25.0 Å². The van der Waals surface area contributed by atoms with Crippen LogP contribution in [0.1, 0.15) is 32.1 Å². The number of hydrogen-bond acceptors (Lipinski definition) is 3. The zero-order chi connectivity index (χ0) is 17.3. The molecule has 2 N–H and O–H groups in total. The maximum atomic E-state index is 13.9. The quantitative estimate of drug-likeness (QED) is 0.882. The predicted molar refractivity (Wildman–Crippen MR) is 83.2 cm³/mol. The van der Waals surface area contributed by atoms with Crippen LogP contribution >= 0.6 is 0 Å². The molecule has 2 aliphatic rings. The lowest BCUT2D eigenvalue weighted by Gasteiger charge is -2.29. The average molecular weight is 338 g/mol. The van der Waals surface area contributed by atoms with Crippen LogP contribution < -0.4 is 10.2 Å².